The summed E-state index contributed by atoms with van der Waals surface area (Å²) in [4.78, 5) is 12.8. The van der Waals surface area contributed by atoms with E-state index in [1.54, 1.807) is 6.20 Å². The summed E-state index contributed by atoms with van der Waals surface area (Å²) in [5.74, 6) is 1.51. The van der Waals surface area contributed by atoms with Crippen molar-refractivity contribution in [3.05, 3.63) is 77.7 Å². The highest BCUT2D eigenvalue weighted by molar-refractivity contribution is 6.30. The molecule has 0 aliphatic heterocycles. The van der Waals surface area contributed by atoms with Crippen molar-refractivity contribution in [2.45, 2.75) is 6.54 Å². The summed E-state index contributed by atoms with van der Waals surface area (Å²) in [7, 11) is 0. The van der Waals surface area contributed by atoms with Crippen LogP contribution in [0.3, 0.4) is 0 Å². The van der Waals surface area contributed by atoms with Crippen LogP contribution in [0.5, 0.6) is 0 Å². The summed E-state index contributed by atoms with van der Waals surface area (Å²) in [6.45, 7) is 0.584. The zero-order valence-electron chi connectivity index (χ0n) is 13.6. The van der Waals surface area contributed by atoms with Crippen LogP contribution < -0.4 is 5.32 Å². The van der Waals surface area contributed by atoms with Crippen molar-refractivity contribution in [3.8, 4) is 22.8 Å². The molecule has 7 heteroatoms. The van der Waals surface area contributed by atoms with Crippen LogP contribution in [-0.2, 0) is 6.54 Å². The largest absolute Gasteiger partial charge is 0.365 e. The lowest BCUT2D eigenvalue weighted by Crippen LogP contribution is -2.03. The molecule has 0 amide bonds. The van der Waals surface area contributed by atoms with Gasteiger partial charge in [-0.3, -0.25) is 0 Å². The molecule has 0 aliphatic carbocycles. The molecule has 0 spiro atoms. The van der Waals surface area contributed by atoms with E-state index in [0.717, 1.165) is 11.1 Å². The predicted octanol–water partition coefficient (Wildman–Crippen LogP) is 4.46. The smallest absolute Gasteiger partial charge is 0.263 e. The number of rotatable bonds is 5. The van der Waals surface area contributed by atoms with Gasteiger partial charge in [0, 0.05) is 23.3 Å². The first-order chi connectivity index (χ1) is 12.8. The van der Waals surface area contributed by atoms with Crippen molar-refractivity contribution in [1.29, 1.82) is 0 Å². The minimum Gasteiger partial charge on any atom is -0.365 e. The van der Waals surface area contributed by atoms with Crippen LogP contribution in [0.1, 0.15) is 5.56 Å². The second-order valence-electron chi connectivity index (χ2n) is 5.55. The average molecular weight is 364 g/mol. The molecule has 2 heterocycles. The third kappa shape index (κ3) is 3.55. The van der Waals surface area contributed by atoms with E-state index in [2.05, 4.69) is 25.4 Å². The van der Waals surface area contributed by atoms with E-state index in [0.29, 0.717) is 34.7 Å². The van der Waals surface area contributed by atoms with Gasteiger partial charge in [0.05, 0.1) is 0 Å². The molecule has 2 aromatic heterocycles. The number of anilines is 1. The number of hydrogen-bond acceptors (Lipinski definition) is 6. The first-order valence-corrected chi connectivity index (χ1v) is 8.35. The molecule has 0 fully saturated rings. The Morgan fingerprint density at radius 2 is 1.81 bits per heavy atom. The summed E-state index contributed by atoms with van der Waals surface area (Å²) >= 11 is 5.92. The van der Waals surface area contributed by atoms with Crippen molar-refractivity contribution >= 4 is 17.4 Å². The van der Waals surface area contributed by atoms with Crippen LogP contribution >= 0.6 is 11.6 Å². The summed E-state index contributed by atoms with van der Waals surface area (Å²) in [5, 5.41) is 8.03. The Kier molecular flexibility index (Phi) is 4.57. The quantitative estimate of drug-likeness (QED) is 0.564. The third-order valence-corrected chi connectivity index (χ3v) is 4.03. The van der Waals surface area contributed by atoms with Crippen LogP contribution in [-0.4, -0.2) is 20.1 Å². The number of hydrogen-bond donors (Lipinski definition) is 1. The summed E-state index contributed by atoms with van der Waals surface area (Å²) in [5.41, 5.74) is 2.61. The zero-order valence-corrected chi connectivity index (χ0v) is 14.4. The zero-order chi connectivity index (χ0) is 17.8. The molecular formula is C19H14ClN5O. The molecular weight excluding hydrogens is 350 g/mol. The summed E-state index contributed by atoms with van der Waals surface area (Å²) in [6.07, 6.45) is 3.13. The molecule has 0 aliphatic rings. The van der Waals surface area contributed by atoms with E-state index < -0.39 is 0 Å². The molecule has 128 valence electrons. The molecule has 0 atom stereocenters. The van der Waals surface area contributed by atoms with E-state index in [9.17, 15) is 0 Å². The van der Waals surface area contributed by atoms with Crippen LogP contribution in [0.25, 0.3) is 22.8 Å². The van der Waals surface area contributed by atoms with Crippen molar-refractivity contribution in [2.24, 2.45) is 0 Å². The van der Waals surface area contributed by atoms with Crippen molar-refractivity contribution in [3.63, 3.8) is 0 Å². The maximum atomic E-state index is 5.92. The summed E-state index contributed by atoms with van der Waals surface area (Å²) < 4.78 is 5.41. The molecule has 1 N–H and O–H groups in total. The highest BCUT2D eigenvalue weighted by Crippen LogP contribution is 2.26. The van der Waals surface area contributed by atoms with E-state index in [-0.39, 0.29) is 0 Å². The van der Waals surface area contributed by atoms with Gasteiger partial charge in [-0.25, -0.2) is 9.97 Å². The molecule has 0 saturated carbocycles. The highest BCUT2D eigenvalue weighted by Gasteiger charge is 2.15. The lowest BCUT2D eigenvalue weighted by atomic mass is 10.2. The Morgan fingerprint density at radius 3 is 2.62 bits per heavy atom. The predicted molar refractivity (Wildman–Crippen MR) is 99.5 cm³/mol. The Morgan fingerprint density at radius 1 is 1.00 bits per heavy atom. The Balaban J connectivity index is 1.58. The molecule has 26 heavy (non-hydrogen) atoms. The minimum absolute atomic E-state index is 0.364. The molecule has 0 radical (unpaired) electrons. The van der Waals surface area contributed by atoms with Gasteiger partial charge in [-0.15, -0.1) is 0 Å². The number of halogens is 1. The van der Waals surface area contributed by atoms with Crippen molar-refractivity contribution in [2.75, 3.05) is 5.32 Å². The Labute approximate surface area is 154 Å². The van der Waals surface area contributed by atoms with Gasteiger partial charge < -0.3 is 9.84 Å². The topological polar surface area (TPSA) is 76.7 Å². The van der Waals surface area contributed by atoms with Gasteiger partial charge in [-0.05, 0) is 17.7 Å². The Bertz CT molecular complexity index is 1000. The standard InChI is InChI=1S/C19H14ClN5O/c20-15-8-6-13(7-9-15)10-22-18-16(11-21-12-23-18)19-24-17(25-26-19)14-4-2-1-3-5-14/h1-9,11-12H,10H2,(H,21,22,23). The second-order valence-corrected chi connectivity index (χ2v) is 5.99. The van der Waals surface area contributed by atoms with Crippen LogP contribution in [0.15, 0.2) is 71.6 Å². The van der Waals surface area contributed by atoms with E-state index in [1.807, 2.05) is 54.6 Å². The molecule has 4 rings (SSSR count). The second kappa shape index (κ2) is 7.33. The fourth-order valence-corrected chi connectivity index (χ4v) is 2.58. The van der Waals surface area contributed by atoms with Crippen molar-refractivity contribution < 1.29 is 4.52 Å². The molecule has 0 bridgehead atoms. The lowest BCUT2D eigenvalue weighted by molar-refractivity contribution is 0.432. The maximum Gasteiger partial charge on any atom is 0.263 e. The molecule has 0 unspecified atom stereocenters. The van der Waals surface area contributed by atoms with Gasteiger partial charge in [0.2, 0.25) is 5.82 Å². The number of benzene rings is 2. The first kappa shape index (κ1) is 16.2. The van der Waals surface area contributed by atoms with Gasteiger partial charge in [0.25, 0.3) is 5.89 Å². The number of aromatic nitrogens is 4. The van der Waals surface area contributed by atoms with Gasteiger partial charge in [-0.1, -0.05) is 59.2 Å². The Hall–Kier alpha value is -3.25. The summed E-state index contributed by atoms with van der Waals surface area (Å²) in [6, 6.07) is 17.3. The molecule has 0 saturated heterocycles. The van der Waals surface area contributed by atoms with Gasteiger partial charge >= 0.3 is 0 Å². The van der Waals surface area contributed by atoms with Gasteiger partial charge in [0.1, 0.15) is 17.7 Å². The van der Waals surface area contributed by atoms with E-state index in [1.165, 1.54) is 6.33 Å². The highest BCUT2D eigenvalue weighted by atomic mass is 35.5. The lowest BCUT2D eigenvalue weighted by Gasteiger charge is -2.08. The van der Waals surface area contributed by atoms with Crippen LogP contribution in [0, 0.1) is 0 Å². The first-order valence-electron chi connectivity index (χ1n) is 7.97. The normalized spacial score (nSPS) is 10.7. The molecule has 2 aromatic carbocycles. The van der Waals surface area contributed by atoms with Gasteiger partial charge in [-0.2, -0.15) is 4.98 Å². The minimum atomic E-state index is 0.364. The fourth-order valence-electron chi connectivity index (χ4n) is 2.45. The van der Waals surface area contributed by atoms with E-state index in [4.69, 9.17) is 16.1 Å². The maximum absolute atomic E-state index is 5.92. The van der Waals surface area contributed by atoms with Crippen LogP contribution in [0.2, 0.25) is 5.02 Å². The van der Waals surface area contributed by atoms with Gasteiger partial charge in [0.15, 0.2) is 0 Å². The molecule has 4 aromatic rings. The third-order valence-electron chi connectivity index (χ3n) is 3.77. The molecule has 6 nitrogen and oxygen atoms in total. The van der Waals surface area contributed by atoms with Crippen molar-refractivity contribution in [1.82, 2.24) is 20.1 Å². The number of nitrogens with zero attached hydrogens (tertiary/aromatic N) is 4. The number of nitrogens with one attached hydrogen (secondary N) is 1. The fraction of sp³-hybridized carbons (Fsp3) is 0.0526. The monoisotopic (exact) mass is 363 g/mol. The van der Waals surface area contributed by atoms with E-state index >= 15 is 0 Å². The SMILES string of the molecule is Clc1ccc(CNc2ncncc2-c2nc(-c3ccccc3)no2)cc1. The average Bonchev–Trinajstić information content (AvgIpc) is 3.19. The van der Waals surface area contributed by atoms with Crippen LogP contribution in [0.4, 0.5) is 5.82 Å².